The maximum atomic E-state index is 13.0. The van der Waals surface area contributed by atoms with E-state index >= 15 is 0 Å². The number of nitrogens with zero attached hydrogens (tertiary/aromatic N) is 4. The summed E-state index contributed by atoms with van der Waals surface area (Å²) >= 11 is 7.25. The molecule has 2 aromatic heterocycles. The van der Waals surface area contributed by atoms with Crippen molar-refractivity contribution in [2.75, 3.05) is 12.9 Å². The Bertz CT molecular complexity index is 1780. The number of methoxy groups -OCH3 is 1. The third-order valence-corrected chi connectivity index (χ3v) is 7.04. The molecule has 5 aromatic rings. The molecule has 0 aliphatic carbocycles. The lowest BCUT2D eigenvalue weighted by molar-refractivity contribution is -0.137. The van der Waals surface area contributed by atoms with Gasteiger partial charge in [0, 0.05) is 22.5 Å². The maximum Gasteiger partial charge on any atom is 0.416 e. The number of aromatic nitrogens is 4. The highest BCUT2D eigenvalue weighted by molar-refractivity contribution is 7.99. The number of carbonyl (C=O) groups excluding carboxylic acids is 1. The van der Waals surface area contributed by atoms with Gasteiger partial charge in [0.05, 0.1) is 23.9 Å². The van der Waals surface area contributed by atoms with E-state index in [9.17, 15) is 22.8 Å². The van der Waals surface area contributed by atoms with Crippen molar-refractivity contribution < 1.29 is 22.7 Å². The molecule has 2 heterocycles. The second kappa shape index (κ2) is 11.1. The van der Waals surface area contributed by atoms with Crippen LogP contribution in [0.4, 0.5) is 13.2 Å². The molecular formula is C27H19ClF3N5O3S. The minimum Gasteiger partial charge on any atom is -0.497 e. The molecule has 0 radical (unpaired) electrons. The second-order valence-electron chi connectivity index (χ2n) is 8.55. The highest BCUT2D eigenvalue weighted by Gasteiger charge is 2.29. The van der Waals surface area contributed by atoms with Gasteiger partial charge in [0.1, 0.15) is 5.75 Å². The van der Waals surface area contributed by atoms with Gasteiger partial charge < -0.3 is 10.1 Å². The van der Waals surface area contributed by atoms with E-state index < -0.39 is 17.3 Å². The molecule has 3 aromatic carbocycles. The normalized spacial score (nSPS) is 11.6. The Morgan fingerprint density at radius 2 is 1.77 bits per heavy atom. The Labute approximate surface area is 234 Å². The molecule has 0 aliphatic heterocycles. The molecular weight excluding hydrogens is 567 g/mol. The van der Waals surface area contributed by atoms with Crippen LogP contribution in [-0.4, -0.2) is 38.4 Å². The molecule has 1 N–H and O–H groups in total. The lowest BCUT2D eigenvalue weighted by atomic mass is 10.1. The number of rotatable bonds is 7. The first-order chi connectivity index (χ1) is 19.1. The molecule has 204 valence electrons. The SMILES string of the molecule is COc1ccc(-c2nn3c(SCC(=O)NCc4ccc(C(F)(F)F)cc4)nc4ccc(Cl)cc4c3nc2=O)cc1. The van der Waals surface area contributed by atoms with Gasteiger partial charge in [-0.25, -0.2) is 4.98 Å². The van der Waals surface area contributed by atoms with Crippen LogP contribution in [0.5, 0.6) is 5.75 Å². The van der Waals surface area contributed by atoms with Crippen LogP contribution in [0.25, 0.3) is 27.8 Å². The van der Waals surface area contributed by atoms with E-state index in [1.807, 2.05) is 0 Å². The van der Waals surface area contributed by atoms with Crippen LogP contribution in [-0.2, 0) is 17.5 Å². The zero-order valence-corrected chi connectivity index (χ0v) is 22.3. The van der Waals surface area contributed by atoms with Crippen LogP contribution < -0.4 is 15.6 Å². The van der Waals surface area contributed by atoms with E-state index in [4.69, 9.17) is 16.3 Å². The predicted octanol–water partition coefficient (Wildman–Crippen LogP) is 5.39. The Hall–Kier alpha value is -4.16. The zero-order valence-electron chi connectivity index (χ0n) is 20.7. The highest BCUT2D eigenvalue weighted by atomic mass is 35.5. The molecule has 0 saturated carbocycles. The number of benzene rings is 3. The molecule has 5 rings (SSSR count). The lowest BCUT2D eigenvalue weighted by Crippen LogP contribution is -2.25. The Morgan fingerprint density at radius 3 is 2.45 bits per heavy atom. The summed E-state index contributed by atoms with van der Waals surface area (Å²) in [5, 5.41) is 8.45. The van der Waals surface area contributed by atoms with Crippen LogP contribution in [0.15, 0.2) is 76.7 Å². The zero-order chi connectivity index (χ0) is 28.4. The molecule has 0 saturated heterocycles. The van der Waals surface area contributed by atoms with Crippen LogP contribution in [0.1, 0.15) is 11.1 Å². The number of thioether (sulfide) groups is 1. The lowest BCUT2D eigenvalue weighted by Gasteiger charge is -2.12. The van der Waals surface area contributed by atoms with E-state index in [2.05, 4.69) is 20.4 Å². The average Bonchev–Trinajstić information content (AvgIpc) is 2.94. The van der Waals surface area contributed by atoms with Crippen molar-refractivity contribution in [2.24, 2.45) is 0 Å². The third-order valence-electron chi connectivity index (χ3n) is 5.87. The molecule has 0 atom stereocenters. The summed E-state index contributed by atoms with van der Waals surface area (Å²) in [6.07, 6.45) is -4.43. The summed E-state index contributed by atoms with van der Waals surface area (Å²) < 4.78 is 44.9. The number of nitrogens with one attached hydrogen (secondary N) is 1. The molecule has 0 unspecified atom stereocenters. The summed E-state index contributed by atoms with van der Waals surface area (Å²) in [6, 6.07) is 16.3. The first kappa shape index (κ1) is 27.4. The fourth-order valence-corrected chi connectivity index (χ4v) is 4.79. The maximum absolute atomic E-state index is 13.0. The summed E-state index contributed by atoms with van der Waals surface area (Å²) in [4.78, 5) is 34.5. The van der Waals surface area contributed by atoms with Gasteiger partial charge in [-0.05, 0) is 60.2 Å². The highest BCUT2D eigenvalue weighted by Crippen LogP contribution is 2.29. The van der Waals surface area contributed by atoms with Crippen molar-refractivity contribution in [3.63, 3.8) is 0 Å². The van der Waals surface area contributed by atoms with Crippen molar-refractivity contribution in [3.8, 4) is 17.0 Å². The van der Waals surface area contributed by atoms with E-state index in [0.717, 1.165) is 23.9 Å². The van der Waals surface area contributed by atoms with Crippen LogP contribution in [0.3, 0.4) is 0 Å². The fraction of sp³-hybridized carbons (Fsp3) is 0.148. The Morgan fingerprint density at radius 1 is 1.05 bits per heavy atom. The molecule has 13 heteroatoms. The number of ether oxygens (including phenoxy) is 1. The Balaban J connectivity index is 1.43. The van der Waals surface area contributed by atoms with Gasteiger partial charge >= 0.3 is 6.18 Å². The van der Waals surface area contributed by atoms with E-state index in [-0.39, 0.29) is 29.5 Å². The predicted molar refractivity (Wildman–Crippen MR) is 146 cm³/mol. The summed E-state index contributed by atoms with van der Waals surface area (Å²) in [6.45, 7) is 0.0516. The first-order valence-electron chi connectivity index (χ1n) is 11.7. The Kier molecular flexibility index (Phi) is 7.63. The van der Waals surface area contributed by atoms with Crippen LogP contribution >= 0.6 is 23.4 Å². The number of hydrogen-bond acceptors (Lipinski definition) is 7. The quantitative estimate of drug-likeness (QED) is 0.155. The molecule has 0 bridgehead atoms. The number of carbonyl (C=O) groups is 1. The topological polar surface area (TPSA) is 98.5 Å². The van der Waals surface area contributed by atoms with Crippen molar-refractivity contribution in [3.05, 3.63) is 93.2 Å². The van der Waals surface area contributed by atoms with Crippen molar-refractivity contribution in [1.82, 2.24) is 24.9 Å². The summed E-state index contributed by atoms with van der Waals surface area (Å²) in [5.41, 5.74) is 0.529. The van der Waals surface area contributed by atoms with Gasteiger partial charge in [-0.3, -0.25) is 9.59 Å². The number of hydrogen-bond donors (Lipinski definition) is 1. The molecule has 0 fully saturated rings. The van der Waals surface area contributed by atoms with Crippen molar-refractivity contribution in [1.29, 1.82) is 0 Å². The number of alkyl halides is 3. The van der Waals surface area contributed by atoms with Gasteiger partial charge in [0.15, 0.2) is 16.5 Å². The van der Waals surface area contributed by atoms with Crippen LogP contribution in [0, 0.1) is 0 Å². The largest absolute Gasteiger partial charge is 0.497 e. The average molecular weight is 586 g/mol. The number of amides is 1. The van der Waals surface area contributed by atoms with Gasteiger partial charge in [-0.1, -0.05) is 35.5 Å². The molecule has 0 aliphatic rings. The van der Waals surface area contributed by atoms with Gasteiger partial charge in [-0.2, -0.15) is 27.8 Å². The van der Waals surface area contributed by atoms with E-state index in [0.29, 0.717) is 38.0 Å². The molecule has 1 amide bonds. The fourth-order valence-electron chi connectivity index (χ4n) is 3.85. The van der Waals surface area contributed by atoms with E-state index in [1.54, 1.807) is 42.5 Å². The summed E-state index contributed by atoms with van der Waals surface area (Å²) in [7, 11) is 1.53. The van der Waals surface area contributed by atoms with Gasteiger partial charge in [-0.15, -0.1) is 0 Å². The smallest absolute Gasteiger partial charge is 0.416 e. The number of halogens is 4. The standard InChI is InChI=1S/C27H19ClF3N5O3S/c1-39-19-9-4-16(5-10-19)23-25(38)34-24-20-12-18(28)8-11-21(20)33-26(36(24)35-23)40-14-22(37)32-13-15-2-6-17(7-3-15)27(29,30)31/h2-12H,13-14H2,1H3,(H,32,37). The van der Waals surface area contributed by atoms with E-state index in [1.165, 1.54) is 23.8 Å². The monoisotopic (exact) mass is 585 g/mol. The first-order valence-corrected chi connectivity index (χ1v) is 13.1. The summed E-state index contributed by atoms with van der Waals surface area (Å²) in [5.74, 6) is 0.159. The van der Waals surface area contributed by atoms with Crippen molar-refractivity contribution in [2.45, 2.75) is 17.9 Å². The van der Waals surface area contributed by atoms with Gasteiger partial charge in [0.2, 0.25) is 5.91 Å². The van der Waals surface area contributed by atoms with Crippen molar-refractivity contribution >= 4 is 45.8 Å². The molecule has 40 heavy (non-hydrogen) atoms. The van der Waals surface area contributed by atoms with Crippen LogP contribution in [0.2, 0.25) is 5.02 Å². The minimum absolute atomic E-state index is 0.0516. The molecule has 8 nitrogen and oxygen atoms in total. The number of fused-ring (bicyclic) bond motifs is 3. The second-order valence-corrected chi connectivity index (χ2v) is 9.92. The van der Waals surface area contributed by atoms with Gasteiger partial charge in [0.25, 0.3) is 5.56 Å². The third kappa shape index (κ3) is 5.87. The molecule has 0 spiro atoms. The minimum atomic E-state index is -4.43.